The number of hydrogen-bond acceptors (Lipinski definition) is 2. The predicted octanol–water partition coefficient (Wildman–Crippen LogP) is 1.71. The first-order valence-corrected chi connectivity index (χ1v) is 5.30. The van der Waals surface area contributed by atoms with Crippen molar-refractivity contribution in [2.75, 3.05) is 0 Å². The molecule has 1 atom stereocenters. The summed E-state index contributed by atoms with van der Waals surface area (Å²) in [5.74, 6) is 0. The van der Waals surface area contributed by atoms with Crippen molar-refractivity contribution in [3.05, 3.63) is 17.0 Å². The third kappa shape index (κ3) is 2.35. The van der Waals surface area contributed by atoms with Crippen LogP contribution < -0.4 is 5.73 Å². The van der Waals surface area contributed by atoms with Gasteiger partial charge in [-0.2, -0.15) is 5.10 Å². The van der Waals surface area contributed by atoms with Crippen molar-refractivity contribution in [3.63, 3.8) is 0 Å². The minimum atomic E-state index is 0.279. The molecule has 14 heavy (non-hydrogen) atoms. The van der Waals surface area contributed by atoms with Gasteiger partial charge >= 0.3 is 0 Å². The molecule has 0 saturated heterocycles. The normalized spacial score (nSPS) is 13.2. The lowest BCUT2D eigenvalue weighted by Gasteiger charge is -2.10. The molecule has 0 spiro atoms. The number of nitrogens with two attached hydrogens (primary N) is 1. The van der Waals surface area contributed by atoms with Crippen molar-refractivity contribution in [2.45, 2.75) is 46.1 Å². The summed E-state index contributed by atoms with van der Waals surface area (Å²) >= 11 is 0. The van der Waals surface area contributed by atoms with E-state index in [2.05, 4.69) is 25.9 Å². The van der Waals surface area contributed by atoms with E-state index < -0.39 is 0 Å². The van der Waals surface area contributed by atoms with Crippen LogP contribution in [-0.4, -0.2) is 15.8 Å². The molecule has 1 rings (SSSR count). The lowest BCUT2D eigenvalue weighted by atomic mass is 10.0. The number of hydrogen-bond donors (Lipinski definition) is 1. The highest BCUT2D eigenvalue weighted by Gasteiger charge is 2.12. The Labute approximate surface area is 86.3 Å². The minimum Gasteiger partial charge on any atom is -0.327 e. The quantitative estimate of drug-likeness (QED) is 0.794. The fraction of sp³-hybridized carbons (Fsp3) is 0.727. The van der Waals surface area contributed by atoms with Crippen LogP contribution in [0.15, 0.2) is 0 Å². The fourth-order valence-electron chi connectivity index (χ4n) is 1.85. The van der Waals surface area contributed by atoms with Gasteiger partial charge in [0.05, 0.1) is 5.69 Å². The van der Waals surface area contributed by atoms with Crippen LogP contribution in [0.25, 0.3) is 0 Å². The van der Waals surface area contributed by atoms with E-state index in [9.17, 15) is 0 Å². The number of aromatic nitrogens is 2. The molecule has 0 aliphatic heterocycles. The van der Waals surface area contributed by atoms with E-state index in [0.717, 1.165) is 25.0 Å². The molecular weight excluding hydrogens is 174 g/mol. The van der Waals surface area contributed by atoms with E-state index >= 15 is 0 Å². The summed E-state index contributed by atoms with van der Waals surface area (Å²) in [6, 6.07) is 0.279. The van der Waals surface area contributed by atoms with Gasteiger partial charge in [0, 0.05) is 18.8 Å². The summed E-state index contributed by atoms with van der Waals surface area (Å²) in [5, 5.41) is 4.38. The van der Waals surface area contributed by atoms with Crippen LogP contribution in [0.4, 0.5) is 0 Å². The zero-order chi connectivity index (χ0) is 10.7. The second-order valence-corrected chi connectivity index (χ2v) is 4.03. The van der Waals surface area contributed by atoms with E-state index in [1.54, 1.807) is 0 Å². The molecule has 3 heteroatoms. The Morgan fingerprint density at radius 3 is 2.50 bits per heavy atom. The van der Waals surface area contributed by atoms with Crippen LogP contribution in [0.3, 0.4) is 0 Å². The van der Waals surface area contributed by atoms with Crippen molar-refractivity contribution in [1.82, 2.24) is 9.78 Å². The maximum absolute atomic E-state index is 6.03. The van der Waals surface area contributed by atoms with Gasteiger partial charge in [-0.05, 0) is 32.3 Å². The van der Waals surface area contributed by atoms with E-state index in [0.29, 0.717) is 0 Å². The summed E-state index contributed by atoms with van der Waals surface area (Å²) in [5.41, 5.74) is 9.72. The second-order valence-electron chi connectivity index (χ2n) is 4.03. The highest BCUT2D eigenvalue weighted by molar-refractivity contribution is 5.25. The molecule has 0 aromatic carbocycles. The fourth-order valence-corrected chi connectivity index (χ4v) is 1.85. The van der Waals surface area contributed by atoms with Crippen LogP contribution in [0, 0.1) is 13.8 Å². The smallest absolute Gasteiger partial charge is 0.0628 e. The summed E-state index contributed by atoms with van der Waals surface area (Å²) in [4.78, 5) is 0. The lowest BCUT2D eigenvalue weighted by molar-refractivity contribution is 0.597. The van der Waals surface area contributed by atoms with Crippen molar-refractivity contribution < 1.29 is 0 Å². The topological polar surface area (TPSA) is 43.8 Å². The van der Waals surface area contributed by atoms with Gasteiger partial charge in [0.2, 0.25) is 0 Å². The van der Waals surface area contributed by atoms with E-state index in [-0.39, 0.29) is 6.04 Å². The van der Waals surface area contributed by atoms with Gasteiger partial charge in [-0.15, -0.1) is 0 Å². The maximum Gasteiger partial charge on any atom is 0.0628 e. The van der Waals surface area contributed by atoms with Crippen molar-refractivity contribution in [3.8, 4) is 0 Å². The zero-order valence-corrected chi connectivity index (χ0v) is 9.67. The van der Waals surface area contributed by atoms with Crippen LogP contribution in [-0.2, 0) is 13.5 Å². The predicted molar refractivity (Wildman–Crippen MR) is 59.3 cm³/mol. The average molecular weight is 195 g/mol. The van der Waals surface area contributed by atoms with Crippen LogP contribution in [0.5, 0.6) is 0 Å². The largest absolute Gasteiger partial charge is 0.327 e. The van der Waals surface area contributed by atoms with Gasteiger partial charge in [-0.25, -0.2) is 0 Å². The van der Waals surface area contributed by atoms with E-state index in [1.165, 1.54) is 11.3 Å². The van der Waals surface area contributed by atoms with Crippen molar-refractivity contribution in [1.29, 1.82) is 0 Å². The van der Waals surface area contributed by atoms with Gasteiger partial charge in [0.15, 0.2) is 0 Å². The highest BCUT2D eigenvalue weighted by Crippen LogP contribution is 2.14. The molecule has 0 fully saturated rings. The Kier molecular flexibility index (Phi) is 3.69. The maximum atomic E-state index is 6.03. The van der Waals surface area contributed by atoms with E-state index in [4.69, 9.17) is 5.73 Å². The summed E-state index contributed by atoms with van der Waals surface area (Å²) in [6.45, 7) is 6.33. The van der Waals surface area contributed by atoms with Gasteiger partial charge in [-0.1, -0.05) is 13.3 Å². The standard InChI is InChI=1S/C11H21N3/c1-5-6-10(12)7-11-8(2)13-14(4)9(11)3/h10H,5-7,12H2,1-4H3. The van der Waals surface area contributed by atoms with Crippen LogP contribution >= 0.6 is 0 Å². The minimum absolute atomic E-state index is 0.279. The molecule has 0 amide bonds. The Morgan fingerprint density at radius 2 is 2.07 bits per heavy atom. The number of rotatable bonds is 4. The molecular formula is C11H21N3. The Bertz CT molecular complexity index is 302. The third-order valence-electron chi connectivity index (χ3n) is 2.78. The Hall–Kier alpha value is -0.830. The number of aryl methyl sites for hydroxylation is 2. The Morgan fingerprint density at radius 1 is 1.43 bits per heavy atom. The summed E-state index contributed by atoms with van der Waals surface area (Å²) < 4.78 is 1.93. The lowest BCUT2D eigenvalue weighted by Crippen LogP contribution is -2.22. The molecule has 1 heterocycles. The molecule has 0 bridgehead atoms. The van der Waals surface area contributed by atoms with Crippen LogP contribution in [0.2, 0.25) is 0 Å². The third-order valence-corrected chi connectivity index (χ3v) is 2.78. The molecule has 1 unspecified atom stereocenters. The molecule has 0 aliphatic rings. The van der Waals surface area contributed by atoms with Gasteiger partial charge in [0.25, 0.3) is 0 Å². The van der Waals surface area contributed by atoms with E-state index in [1.807, 2.05) is 11.7 Å². The average Bonchev–Trinajstić information content (AvgIpc) is 2.33. The summed E-state index contributed by atoms with van der Waals surface area (Å²) in [6.07, 6.45) is 3.20. The Balaban J connectivity index is 2.75. The van der Waals surface area contributed by atoms with Gasteiger partial charge < -0.3 is 5.73 Å². The molecule has 3 nitrogen and oxygen atoms in total. The first-order valence-electron chi connectivity index (χ1n) is 5.30. The summed E-state index contributed by atoms with van der Waals surface area (Å²) in [7, 11) is 1.98. The molecule has 1 aromatic heterocycles. The zero-order valence-electron chi connectivity index (χ0n) is 9.67. The SMILES string of the molecule is CCCC(N)Cc1c(C)nn(C)c1C. The molecule has 0 radical (unpaired) electrons. The highest BCUT2D eigenvalue weighted by atomic mass is 15.3. The first kappa shape index (κ1) is 11.2. The number of nitrogens with zero attached hydrogens (tertiary/aromatic N) is 2. The molecule has 80 valence electrons. The molecule has 0 saturated carbocycles. The van der Waals surface area contributed by atoms with Crippen molar-refractivity contribution in [2.24, 2.45) is 12.8 Å². The molecule has 0 aliphatic carbocycles. The first-order chi connectivity index (χ1) is 6.56. The second kappa shape index (κ2) is 4.60. The van der Waals surface area contributed by atoms with Crippen molar-refractivity contribution >= 4 is 0 Å². The van der Waals surface area contributed by atoms with Crippen LogP contribution in [0.1, 0.15) is 36.7 Å². The molecule has 1 aromatic rings. The van der Waals surface area contributed by atoms with Gasteiger partial charge in [-0.3, -0.25) is 4.68 Å². The monoisotopic (exact) mass is 195 g/mol. The molecule has 2 N–H and O–H groups in total. The van der Waals surface area contributed by atoms with Gasteiger partial charge in [0.1, 0.15) is 0 Å².